The molecule has 0 bridgehead atoms. The number of nitrogens with zero attached hydrogens (tertiary/aromatic N) is 5. The predicted molar refractivity (Wildman–Crippen MR) is 212 cm³/mol. The van der Waals surface area contributed by atoms with Crippen molar-refractivity contribution in [2.45, 2.75) is 69.6 Å². The third kappa shape index (κ3) is 7.20. The van der Waals surface area contributed by atoms with E-state index in [1.807, 2.05) is 41.7 Å². The van der Waals surface area contributed by atoms with E-state index in [0.29, 0.717) is 69.3 Å². The highest BCUT2D eigenvalue weighted by atomic mass is 16.5. The van der Waals surface area contributed by atoms with Gasteiger partial charge < -0.3 is 29.0 Å². The Morgan fingerprint density at radius 1 is 0.825 bits per heavy atom. The fraction of sp³-hybridized carbons (Fsp3) is 0.409. The van der Waals surface area contributed by atoms with Gasteiger partial charge in [0.15, 0.2) is 0 Å². The first kappa shape index (κ1) is 36.8. The lowest BCUT2D eigenvalue weighted by molar-refractivity contribution is -0.144. The number of imide groups is 1. The summed E-state index contributed by atoms with van der Waals surface area (Å²) in [7, 11) is 2.07. The quantitative estimate of drug-likeness (QED) is 0.125. The molecule has 1 N–H and O–H groups in total. The molecule has 0 spiro atoms. The highest BCUT2D eigenvalue weighted by Crippen LogP contribution is 2.35. The SMILES string of the molecule is Cn1c2ccncc2c2ccc(-c3ccc(O[C@H]4C[C@@H](C(=O)N5CCC(OCCCCOc6ccc7c(c6)C(=O)N(C6CCCNC6=O)C7=O)CC5)C4)nc3)cc21. The number of carbonyl (C=O) groups excluding carboxylic acids is 4. The first-order valence-electron chi connectivity index (χ1n) is 20.1. The number of piperidine rings is 2. The van der Waals surface area contributed by atoms with Gasteiger partial charge in [-0.1, -0.05) is 12.1 Å². The minimum Gasteiger partial charge on any atom is -0.494 e. The molecular weight excluding hydrogens is 725 g/mol. The summed E-state index contributed by atoms with van der Waals surface area (Å²) in [4.78, 5) is 63.5. The summed E-state index contributed by atoms with van der Waals surface area (Å²) in [6.07, 6.45) is 11.5. The first-order chi connectivity index (χ1) is 27.8. The number of nitrogens with one attached hydrogen (secondary N) is 1. The maximum atomic E-state index is 13.2. The summed E-state index contributed by atoms with van der Waals surface area (Å²) < 4.78 is 20.4. The average molecular weight is 771 g/mol. The molecule has 2 aromatic carbocycles. The highest BCUT2D eigenvalue weighted by molar-refractivity contribution is 6.23. The minimum absolute atomic E-state index is 0.0152. The Labute approximate surface area is 330 Å². The summed E-state index contributed by atoms with van der Waals surface area (Å²) in [5.74, 6) is 0.115. The lowest BCUT2D eigenvalue weighted by Crippen LogP contribution is -2.52. The molecule has 2 saturated heterocycles. The predicted octanol–water partition coefficient (Wildman–Crippen LogP) is 5.69. The molecule has 1 aliphatic carbocycles. The van der Waals surface area contributed by atoms with E-state index in [-0.39, 0.29) is 35.5 Å². The number of ether oxygens (including phenoxy) is 3. The van der Waals surface area contributed by atoms with Gasteiger partial charge in [0, 0.05) is 85.7 Å². The number of hydrogen-bond acceptors (Lipinski definition) is 9. The average Bonchev–Trinajstić information content (AvgIpc) is 3.65. The number of rotatable bonds is 12. The van der Waals surface area contributed by atoms with Crippen LogP contribution in [0.15, 0.2) is 73.2 Å². The van der Waals surface area contributed by atoms with Gasteiger partial charge in [-0.2, -0.15) is 0 Å². The van der Waals surface area contributed by atoms with E-state index in [0.717, 1.165) is 64.6 Å². The Hall–Kier alpha value is -5.82. The number of pyridine rings is 2. The molecule has 294 valence electrons. The van der Waals surface area contributed by atoms with Crippen molar-refractivity contribution < 1.29 is 33.4 Å². The number of carbonyl (C=O) groups is 4. The fourth-order valence-corrected chi connectivity index (χ4v) is 8.65. The van der Waals surface area contributed by atoms with Gasteiger partial charge in [0.25, 0.3) is 11.8 Å². The van der Waals surface area contributed by atoms with Crippen LogP contribution in [0.5, 0.6) is 11.6 Å². The van der Waals surface area contributed by atoms with Crippen LogP contribution in [-0.4, -0.2) is 99.1 Å². The van der Waals surface area contributed by atoms with Crippen molar-refractivity contribution in [1.82, 2.24) is 29.7 Å². The van der Waals surface area contributed by atoms with Crippen molar-refractivity contribution in [2.75, 3.05) is 32.8 Å². The zero-order chi connectivity index (χ0) is 39.0. The Morgan fingerprint density at radius 2 is 1.63 bits per heavy atom. The van der Waals surface area contributed by atoms with Crippen LogP contribution in [0.1, 0.15) is 72.1 Å². The van der Waals surface area contributed by atoms with Crippen LogP contribution in [0.4, 0.5) is 0 Å². The van der Waals surface area contributed by atoms with Crippen molar-refractivity contribution >= 4 is 45.4 Å². The summed E-state index contributed by atoms with van der Waals surface area (Å²) in [6, 6.07) is 16.6. The molecule has 4 amide bonds. The number of unbranched alkanes of at least 4 members (excludes halogenated alkanes) is 1. The third-order valence-electron chi connectivity index (χ3n) is 12.0. The van der Waals surface area contributed by atoms with Crippen LogP contribution in [-0.2, 0) is 21.4 Å². The smallest absolute Gasteiger partial charge is 0.262 e. The van der Waals surface area contributed by atoms with Gasteiger partial charge in [0.05, 0.1) is 29.4 Å². The van der Waals surface area contributed by atoms with Gasteiger partial charge in [-0.3, -0.25) is 29.1 Å². The van der Waals surface area contributed by atoms with Crippen LogP contribution >= 0.6 is 0 Å². The van der Waals surface area contributed by atoms with E-state index in [1.54, 1.807) is 18.2 Å². The summed E-state index contributed by atoms with van der Waals surface area (Å²) in [5, 5.41) is 5.06. The maximum absolute atomic E-state index is 13.2. The van der Waals surface area contributed by atoms with E-state index in [4.69, 9.17) is 14.2 Å². The molecule has 3 aliphatic heterocycles. The van der Waals surface area contributed by atoms with E-state index >= 15 is 0 Å². The van der Waals surface area contributed by atoms with Crippen LogP contribution in [0.25, 0.3) is 32.9 Å². The normalized spacial score (nSPS) is 21.1. The largest absolute Gasteiger partial charge is 0.494 e. The molecule has 13 nitrogen and oxygen atoms in total. The number of amides is 4. The molecule has 57 heavy (non-hydrogen) atoms. The Bertz CT molecular complexity index is 2340. The Kier molecular flexibility index (Phi) is 10.1. The molecule has 4 aliphatic rings. The lowest BCUT2D eigenvalue weighted by atomic mass is 9.81. The third-order valence-corrected chi connectivity index (χ3v) is 12.0. The molecule has 1 atom stereocenters. The van der Waals surface area contributed by atoms with Crippen LogP contribution in [0.3, 0.4) is 0 Å². The van der Waals surface area contributed by atoms with Gasteiger partial charge in [-0.25, -0.2) is 4.98 Å². The van der Waals surface area contributed by atoms with Crippen molar-refractivity contribution in [2.24, 2.45) is 13.0 Å². The highest BCUT2D eigenvalue weighted by Gasteiger charge is 2.44. The standard InChI is InChI=1S/C44H46N6O7/c1-48-37-12-16-45-26-36(37)33-9-6-27(23-39(33)48)28-7-11-40(47-25-28)57-32-21-29(22-32)42(52)49-17-13-30(14-18-49)55-19-2-3-20-56-31-8-10-34-35(24-31)44(54)50(43(34)53)38-5-4-15-46-41(38)51/h6-12,16,23-26,29-30,32,38H,2-5,13-15,17-22H2,1H3,(H,46,51)/t29-,32+,38?. The first-order valence-corrected chi connectivity index (χ1v) is 20.1. The van der Waals surface area contributed by atoms with Crippen molar-refractivity contribution in [3.05, 3.63) is 84.3 Å². The van der Waals surface area contributed by atoms with Gasteiger partial charge >= 0.3 is 0 Å². The number of hydrogen-bond donors (Lipinski definition) is 1. The van der Waals surface area contributed by atoms with Gasteiger partial charge in [-0.05, 0) is 93.3 Å². The summed E-state index contributed by atoms with van der Waals surface area (Å²) in [6.45, 7) is 3.00. The van der Waals surface area contributed by atoms with Crippen molar-refractivity contribution in [3.63, 3.8) is 0 Å². The number of fused-ring (bicyclic) bond motifs is 4. The molecule has 1 saturated carbocycles. The Balaban J connectivity index is 0.663. The molecule has 1 unspecified atom stereocenters. The second-order valence-corrected chi connectivity index (χ2v) is 15.6. The summed E-state index contributed by atoms with van der Waals surface area (Å²) >= 11 is 0. The van der Waals surface area contributed by atoms with E-state index in [1.165, 1.54) is 5.39 Å². The molecule has 3 fully saturated rings. The molecule has 0 radical (unpaired) electrons. The number of likely N-dealkylation sites (tertiary alicyclic amines) is 1. The van der Waals surface area contributed by atoms with E-state index in [2.05, 4.69) is 45.1 Å². The minimum atomic E-state index is -0.767. The molecular formula is C44H46N6O7. The number of aryl methyl sites for hydroxylation is 1. The molecule has 13 heteroatoms. The van der Waals surface area contributed by atoms with Crippen LogP contribution in [0.2, 0.25) is 0 Å². The van der Waals surface area contributed by atoms with E-state index < -0.39 is 17.9 Å². The molecule has 3 aromatic heterocycles. The second-order valence-electron chi connectivity index (χ2n) is 15.6. The second kappa shape index (κ2) is 15.6. The monoisotopic (exact) mass is 770 g/mol. The zero-order valence-electron chi connectivity index (χ0n) is 32.0. The van der Waals surface area contributed by atoms with Gasteiger partial charge in [-0.15, -0.1) is 0 Å². The summed E-state index contributed by atoms with van der Waals surface area (Å²) in [5.41, 5.74) is 4.98. The van der Waals surface area contributed by atoms with Crippen LogP contribution in [0, 0.1) is 5.92 Å². The van der Waals surface area contributed by atoms with E-state index in [9.17, 15) is 19.2 Å². The van der Waals surface area contributed by atoms with Gasteiger partial charge in [0.1, 0.15) is 17.9 Å². The lowest BCUT2D eigenvalue weighted by Gasteiger charge is -2.39. The maximum Gasteiger partial charge on any atom is 0.262 e. The topological polar surface area (TPSA) is 145 Å². The zero-order valence-corrected chi connectivity index (χ0v) is 32.0. The van der Waals surface area contributed by atoms with Crippen molar-refractivity contribution in [3.8, 4) is 22.8 Å². The number of benzene rings is 2. The molecule has 9 rings (SSSR count). The van der Waals surface area contributed by atoms with Crippen molar-refractivity contribution in [1.29, 1.82) is 0 Å². The van der Waals surface area contributed by atoms with Crippen LogP contribution < -0.4 is 14.8 Å². The molecule has 5 aromatic rings. The number of aromatic nitrogens is 3. The van der Waals surface area contributed by atoms with Gasteiger partial charge in [0.2, 0.25) is 17.7 Å². The fourth-order valence-electron chi connectivity index (χ4n) is 8.65. The Morgan fingerprint density at radius 3 is 2.44 bits per heavy atom. The molecule has 6 heterocycles.